The van der Waals surface area contributed by atoms with E-state index in [9.17, 15) is 12.8 Å². The number of alkyl halides is 1. The van der Waals surface area contributed by atoms with E-state index in [-0.39, 0.29) is 11.4 Å². The SMILES string of the molecule is Cc1ccc(S(=O)(=O)NCCF)c2c1NCCC2. The third-order valence-electron chi connectivity index (χ3n) is 3.06. The maximum absolute atomic E-state index is 12.1. The van der Waals surface area contributed by atoms with Crippen molar-refractivity contribution >= 4 is 15.7 Å². The summed E-state index contributed by atoms with van der Waals surface area (Å²) in [5.74, 6) is 0. The Morgan fingerprint density at radius 1 is 1.44 bits per heavy atom. The van der Waals surface area contributed by atoms with Crippen molar-refractivity contribution in [1.29, 1.82) is 0 Å². The molecular formula is C12H17FN2O2S. The van der Waals surface area contributed by atoms with E-state index in [0.717, 1.165) is 36.2 Å². The van der Waals surface area contributed by atoms with Gasteiger partial charge in [0, 0.05) is 18.8 Å². The van der Waals surface area contributed by atoms with Gasteiger partial charge in [-0.05, 0) is 37.0 Å². The van der Waals surface area contributed by atoms with Crippen LogP contribution in [0.1, 0.15) is 17.5 Å². The van der Waals surface area contributed by atoms with Crippen molar-refractivity contribution in [1.82, 2.24) is 4.72 Å². The van der Waals surface area contributed by atoms with Crippen molar-refractivity contribution in [3.05, 3.63) is 23.3 Å². The van der Waals surface area contributed by atoms with E-state index in [2.05, 4.69) is 10.0 Å². The highest BCUT2D eigenvalue weighted by molar-refractivity contribution is 7.89. The van der Waals surface area contributed by atoms with Crippen molar-refractivity contribution in [3.8, 4) is 0 Å². The summed E-state index contributed by atoms with van der Waals surface area (Å²) in [6, 6.07) is 3.38. The van der Waals surface area contributed by atoms with E-state index >= 15 is 0 Å². The van der Waals surface area contributed by atoms with Crippen LogP contribution in [-0.2, 0) is 16.4 Å². The molecule has 0 saturated heterocycles. The summed E-state index contributed by atoms with van der Waals surface area (Å²) in [6.45, 7) is 1.92. The number of aryl methyl sites for hydroxylation is 1. The van der Waals surface area contributed by atoms with Gasteiger partial charge in [0.2, 0.25) is 10.0 Å². The third-order valence-corrected chi connectivity index (χ3v) is 4.61. The summed E-state index contributed by atoms with van der Waals surface area (Å²) in [4.78, 5) is 0.267. The van der Waals surface area contributed by atoms with Gasteiger partial charge in [0.1, 0.15) is 6.67 Å². The zero-order chi connectivity index (χ0) is 13.2. The average molecular weight is 272 g/mol. The van der Waals surface area contributed by atoms with Gasteiger partial charge in [-0.25, -0.2) is 17.5 Å². The standard InChI is InChI=1S/C12H17FN2O2S/c1-9-4-5-11(18(16,17)15-8-6-13)10-3-2-7-14-12(9)10/h4-5,14-15H,2-3,6-8H2,1H3. The topological polar surface area (TPSA) is 58.2 Å². The monoisotopic (exact) mass is 272 g/mol. The molecule has 1 heterocycles. The Morgan fingerprint density at radius 3 is 2.94 bits per heavy atom. The number of halogens is 1. The predicted molar refractivity (Wildman–Crippen MR) is 69.2 cm³/mol. The van der Waals surface area contributed by atoms with Crippen molar-refractivity contribution in [2.75, 3.05) is 25.1 Å². The Kier molecular flexibility index (Phi) is 3.87. The molecule has 2 rings (SSSR count). The first-order valence-electron chi connectivity index (χ1n) is 5.98. The van der Waals surface area contributed by atoms with Gasteiger partial charge in [0.15, 0.2) is 0 Å². The van der Waals surface area contributed by atoms with Gasteiger partial charge in [-0.15, -0.1) is 0 Å². The fourth-order valence-corrected chi connectivity index (χ4v) is 3.50. The van der Waals surface area contributed by atoms with E-state index < -0.39 is 16.7 Å². The van der Waals surface area contributed by atoms with Crippen LogP contribution in [0.3, 0.4) is 0 Å². The largest absolute Gasteiger partial charge is 0.385 e. The maximum atomic E-state index is 12.1. The maximum Gasteiger partial charge on any atom is 0.241 e. The molecule has 100 valence electrons. The molecule has 0 bridgehead atoms. The fraction of sp³-hybridized carbons (Fsp3) is 0.500. The first-order valence-corrected chi connectivity index (χ1v) is 7.46. The van der Waals surface area contributed by atoms with E-state index in [1.807, 2.05) is 6.92 Å². The molecule has 0 aromatic heterocycles. The first-order chi connectivity index (χ1) is 8.56. The molecule has 1 aromatic rings. The molecule has 0 amide bonds. The quantitative estimate of drug-likeness (QED) is 0.875. The molecule has 0 atom stereocenters. The molecule has 2 N–H and O–H groups in total. The summed E-state index contributed by atoms with van der Waals surface area (Å²) < 4.78 is 38.5. The Bertz CT molecular complexity index is 543. The van der Waals surface area contributed by atoms with Crippen molar-refractivity contribution < 1.29 is 12.8 Å². The lowest BCUT2D eigenvalue weighted by molar-refractivity contribution is 0.486. The van der Waals surface area contributed by atoms with Crippen LogP contribution in [0.5, 0.6) is 0 Å². The van der Waals surface area contributed by atoms with Crippen LogP contribution in [0.4, 0.5) is 10.1 Å². The zero-order valence-electron chi connectivity index (χ0n) is 10.3. The predicted octanol–water partition coefficient (Wildman–Crippen LogP) is 1.60. The minimum Gasteiger partial charge on any atom is -0.385 e. The van der Waals surface area contributed by atoms with Crippen LogP contribution in [0.2, 0.25) is 0 Å². The van der Waals surface area contributed by atoms with Crippen molar-refractivity contribution in [2.24, 2.45) is 0 Å². The number of hydrogen-bond acceptors (Lipinski definition) is 3. The molecule has 0 saturated carbocycles. The molecule has 6 heteroatoms. The fourth-order valence-electron chi connectivity index (χ4n) is 2.22. The highest BCUT2D eigenvalue weighted by Crippen LogP contribution is 2.31. The Hall–Kier alpha value is -1.14. The van der Waals surface area contributed by atoms with E-state index in [1.165, 1.54) is 0 Å². The highest BCUT2D eigenvalue weighted by atomic mass is 32.2. The summed E-state index contributed by atoms with van der Waals surface area (Å²) in [6.07, 6.45) is 1.64. The molecule has 0 unspecified atom stereocenters. The van der Waals surface area contributed by atoms with Crippen LogP contribution in [-0.4, -0.2) is 28.2 Å². The third kappa shape index (κ3) is 2.49. The van der Waals surface area contributed by atoms with E-state index in [4.69, 9.17) is 0 Å². The number of anilines is 1. The molecule has 0 spiro atoms. The lowest BCUT2D eigenvalue weighted by Crippen LogP contribution is -2.28. The summed E-state index contributed by atoms with van der Waals surface area (Å²) in [7, 11) is -3.61. The van der Waals surface area contributed by atoms with E-state index in [1.54, 1.807) is 12.1 Å². The summed E-state index contributed by atoms with van der Waals surface area (Å²) in [5.41, 5.74) is 2.76. The van der Waals surface area contributed by atoms with E-state index in [0.29, 0.717) is 0 Å². The van der Waals surface area contributed by atoms with Crippen LogP contribution >= 0.6 is 0 Å². The minimum absolute atomic E-state index is 0.182. The number of rotatable bonds is 4. The molecule has 1 aliphatic rings. The second-order valence-corrected chi connectivity index (χ2v) is 6.09. The number of fused-ring (bicyclic) bond motifs is 1. The zero-order valence-corrected chi connectivity index (χ0v) is 11.1. The van der Waals surface area contributed by atoms with Crippen LogP contribution in [0.15, 0.2) is 17.0 Å². The Labute approximate surface area is 107 Å². The number of hydrogen-bond donors (Lipinski definition) is 2. The van der Waals surface area contributed by atoms with Gasteiger partial charge in [-0.3, -0.25) is 0 Å². The smallest absolute Gasteiger partial charge is 0.241 e. The Balaban J connectivity index is 2.45. The second-order valence-electron chi connectivity index (χ2n) is 4.35. The van der Waals surface area contributed by atoms with Crippen molar-refractivity contribution in [3.63, 3.8) is 0 Å². The second kappa shape index (κ2) is 5.24. The van der Waals surface area contributed by atoms with Gasteiger partial charge in [0.25, 0.3) is 0 Å². The molecule has 1 aliphatic heterocycles. The first kappa shape index (κ1) is 13.3. The van der Waals surface area contributed by atoms with Crippen molar-refractivity contribution in [2.45, 2.75) is 24.7 Å². The number of nitrogens with one attached hydrogen (secondary N) is 2. The molecule has 0 fully saturated rings. The molecular weight excluding hydrogens is 255 g/mol. The highest BCUT2D eigenvalue weighted by Gasteiger charge is 2.23. The molecule has 18 heavy (non-hydrogen) atoms. The summed E-state index contributed by atoms with van der Waals surface area (Å²) >= 11 is 0. The van der Waals surface area contributed by atoms with Gasteiger partial charge in [-0.1, -0.05) is 6.07 Å². The number of sulfonamides is 1. The molecule has 0 aliphatic carbocycles. The molecule has 4 nitrogen and oxygen atoms in total. The van der Waals surface area contributed by atoms with Gasteiger partial charge < -0.3 is 5.32 Å². The van der Waals surface area contributed by atoms with Gasteiger partial charge in [0.05, 0.1) is 4.90 Å². The Morgan fingerprint density at radius 2 is 2.22 bits per heavy atom. The van der Waals surface area contributed by atoms with Crippen LogP contribution < -0.4 is 10.0 Å². The lowest BCUT2D eigenvalue weighted by Gasteiger charge is -2.23. The number of benzene rings is 1. The normalized spacial score (nSPS) is 15.0. The molecule has 1 aromatic carbocycles. The van der Waals surface area contributed by atoms with Crippen LogP contribution in [0.25, 0.3) is 0 Å². The average Bonchev–Trinajstić information content (AvgIpc) is 2.37. The molecule has 0 radical (unpaired) electrons. The summed E-state index contributed by atoms with van der Waals surface area (Å²) in [5, 5.41) is 3.23. The minimum atomic E-state index is -3.61. The van der Waals surface area contributed by atoms with Crippen LogP contribution in [0, 0.1) is 6.92 Å². The van der Waals surface area contributed by atoms with Gasteiger partial charge >= 0.3 is 0 Å². The lowest BCUT2D eigenvalue weighted by atomic mass is 10.00. The van der Waals surface area contributed by atoms with Gasteiger partial charge in [-0.2, -0.15) is 0 Å².